The molecule has 1 heterocycles. The zero-order valence-electron chi connectivity index (χ0n) is 25.6. The Morgan fingerprint density at radius 1 is 0.756 bits per heavy atom. The number of anilines is 1. The molecule has 0 bridgehead atoms. The Kier molecular flexibility index (Phi) is 8.11. The molecule has 0 fully saturated rings. The summed E-state index contributed by atoms with van der Waals surface area (Å²) in [4.78, 5) is 28.2. The van der Waals surface area contributed by atoms with E-state index >= 15 is 0 Å². The fraction of sp³-hybridized carbons (Fsp3) is 0.158. The fourth-order valence-corrected chi connectivity index (χ4v) is 6.15. The molecule has 0 aliphatic heterocycles. The molecule has 0 amide bonds. The molecular weight excluding hydrogens is 560 g/mol. The van der Waals surface area contributed by atoms with E-state index in [0.717, 1.165) is 44.7 Å². The first-order chi connectivity index (χ1) is 21.8. The predicted octanol–water partition coefficient (Wildman–Crippen LogP) is 5.97. The van der Waals surface area contributed by atoms with Crippen LogP contribution in [0.25, 0.3) is 16.7 Å². The molecule has 226 valence electrons. The second-order valence-electron chi connectivity index (χ2n) is 11.5. The molecule has 0 spiro atoms. The Bertz CT molecular complexity index is 1880. The molecule has 1 unspecified atom stereocenters. The van der Waals surface area contributed by atoms with Crippen molar-refractivity contribution in [1.82, 2.24) is 14.5 Å². The van der Waals surface area contributed by atoms with E-state index in [1.54, 1.807) is 16.2 Å². The number of nitrogens with zero attached hydrogens (tertiary/aromatic N) is 3. The summed E-state index contributed by atoms with van der Waals surface area (Å²) in [5.41, 5.74) is 5.98. The van der Waals surface area contributed by atoms with Gasteiger partial charge in [-0.15, -0.1) is 0 Å². The van der Waals surface area contributed by atoms with Gasteiger partial charge in [0.2, 0.25) is 0 Å². The third kappa shape index (κ3) is 5.54. The Morgan fingerprint density at radius 3 is 1.73 bits per heavy atom. The van der Waals surface area contributed by atoms with Gasteiger partial charge in [-0.05, 0) is 59.0 Å². The minimum Gasteiger partial charge on any atom is -0.480 e. The zero-order chi connectivity index (χ0) is 31.6. The summed E-state index contributed by atoms with van der Waals surface area (Å²) in [6, 6.07) is 42.5. The van der Waals surface area contributed by atoms with Gasteiger partial charge in [-0.3, -0.25) is 19.2 Å². The maximum Gasteiger partial charge on any atom is 0.333 e. The first-order valence-electron chi connectivity index (χ1n) is 14.9. The van der Waals surface area contributed by atoms with Crippen LogP contribution in [-0.4, -0.2) is 40.3 Å². The number of carboxylic acid groups (broad SMARTS) is 1. The van der Waals surface area contributed by atoms with E-state index in [2.05, 4.69) is 5.32 Å². The standard InChI is InChI=1S/C38H36N4O3/c1-40(2)32-23-24-34-35(26-32)41(3)37(45)42(34)31-21-19-27(20-22-31)25-33(36(43)44)39-38(28-13-7-4-8-14-28,29-15-9-5-10-16-29)30-17-11-6-12-18-30/h4-24,26,33,39H,25H2,1-3H3,(H,43,44). The van der Waals surface area contributed by atoms with E-state index < -0.39 is 17.6 Å². The van der Waals surface area contributed by atoms with Gasteiger partial charge < -0.3 is 10.0 Å². The van der Waals surface area contributed by atoms with Crippen LogP contribution in [0.15, 0.2) is 138 Å². The second-order valence-corrected chi connectivity index (χ2v) is 11.5. The number of hydrogen-bond acceptors (Lipinski definition) is 4. The van der Waals surface area contributed by atoms with Crippen LogP contribution >= 0.6 is 0 Å². The molecule has 5 aromatic carbocycles. The molecule has 45 heavy (non-hydrogen) atoms. The Hall–Kier alpha value is -5.40. The van der Waals surface area contributed by atoms with Gasteiger partial charge in [0, 0.05) is 26.8 Å². The number of rotatable bonds is 10. The Labute approximate surface area is 262 Å². The molecule has 0 radical (unpaired) electrons. The molecule has 0 aliphatic rings. The first-order valence-corrected chi connectivity index (χ1v) is 14.9. The minimum atomic E-state index is -0.951. The highest BCUT2D eigenvalue weighted by Crippen LogP contribution is 2.37. The molecule has 2 N–H and O–H groups in total. The van der Waals surface area contributed by atoms with Gasteiger partial charge in [-0.25, -0.2) is 4.79 Å². The van der Waals surface area contributed by atoms with Crippen molar-refractivity contribution in [3.63, 3.8) is 0 Å². The largest absolute Gasteiger partial charge is 0.480 e. The summed E-state index contributed by atoms with van der Waals surface area (Å²) >= 11 is 0. The Morgan fingerprint density at radius 2 is 1.27 bits per heavy atom. The smallest absolute Gasteiger partial charge is 0.333 e. The number of imidazole rings is 1. The molecule has 0 saturated carbocycles. The summed E-state index contributed by atoms with van der Waals surface area (Å²) in [5.74, 6) is -0.951. The van der Waals surface area contributed by atoms with E-state index in [9.17, 15) is 14.7 Å². The maximum atomic E-state index is 13.3. The average Bonchev–Trinajstić information content (AvgIpc) is 3.33. The lowest BCUT2D eigenvalue weighted by Gasteiger charge is -2.39. The third-order valence-corrected chi connectivity index (χ3v) is 8.50. The SMILES string of the molecule is CN(C)c1ccc2c(c1)n(C)c(=O)n2-c1ccc(CC(NC(c2ccccc2)(c2ccccc2)c2ccccc2)C(=O)O)cc1. The fourth-order valence-electron chi connectivity index (χ4n) is 6.15. The van der Waals surface area contributed by atoms with Crippen LogP contribution in [0.5, 0.6) is 0 Å². The molecule has 7 heteroatoms. The van der Waals surface area contributed by atoms with Crippen molar-refractivity contribution in [2.45, 2.75) is 18.0 Å². The number of hydrogen-bond donors (Lipinski definition) is 2. The number of aliphatic carboxylic acids is 1. The summed E-state index contributed by atoms with van der Waals surface area (Å²) in [7, 11) is 5.71. The van der Waals surface area contributed by atoms with Gasteiger partial charge in [-0.2, -0.15) is 0 Å². The molecule has 6 rings (SSSR count). The molecule has 1 aromatic heterocycles. The van der Waals surface area contributed by atoms with E-state index in [-0.39, 0.29) is 12.1 Å². The zero-order valence-corrected chi connectivity index (χ0v) is 25.6. The Balaban J connectivity index is 1.38. The number of aryl methyl sites for hydroxylation is 1. The molecule has 7 nitrogen and oxygen atoms in total. The predicted molar refractivity (Wildman–Crippen MR) is 180 cm³/mol. The molecule has 0 aliphatic carbocycles. The van der Waals surface area contributed by atoms with Crippen molar-refractivity contribution in [1.29, 1.82) is 0 Å². The van der Waals surface area contributed by atoms with Crippen LogP contribution in [0.2, 0.25) is 0 Å². The van der Waals surface area contributed by atoms with E-state index in [1.807, 2.05) is 152 Å². The number of benzene rings is 5. The maximum absolute atomic E-state index is 13.3. The van der Waals surface area contributed by atoms with Gasteiger partial charge in [0.1, 0.15) is 6.04 Å². The van der Waals surface area contributed by atoms with E-state index in [0.29, 0.717) is 0 Å². The van der Waals surface area contributed by atoms with Crippen LogP contribution in [0.3, 0.4) is 0 Å². The normalized spacial score (nSPS) is 12.2. The van der Waals surface area contributed by atoms with Crippen molar-refractivity contribution in [2.24, 2.45) is 7.05 Å². The highest BCUT2D eigenvalue weighted by atomic mass is 16.4. The number of aromatic nitrogens is 2. The van der Waals surface area contributed by atoms with Crippen LogP contribution in [0.4, 0.5) is 5.69 Å². The van der Waals surface area contributed by atoms with Gasteiger partial charge in [0.25, 0.3) is 0 Å². The lowest BCUT2D eigenvalue weighted by atomic mass is 9.76. The topological polar surface area (TPSA) is 79.5 Å². The summed E-state index contributed by atoms with van der Waals surface area (Å²) in [6.45, 7) is 0. The monoisotopic (exact) mass is 596 g/mol. The average molecular weight is 597 g/mol. The van der Waals surface area contributed by atoms with E-state index in [1.165, 1.54) is 0 Å². The number of nitrogens with one attached hydrogen (secondary N) is 1. The first kappa shape index (κ1) is 29.7. The second kappa shape index (κ2) is 12.3. The van der Waals surface area contributed by atoms with Crippen molar-refractivity contribution in [3.8, 4) is 5.69 Å². The quantitative estimate of drug-likeness (QED) is 0.191. The molecule has 1 atom stereocenters. The molecular formula is C38H36N4O3. The highest BCUT2D eigenvalue weighted by molar-refractivity contribution is 5.82. The van der Waals surface area contributed by atoms with Crippen molar-refractivity contribution in [3.05, 3.63) is 166 Å². The van der Waals surface area contributed by atoms with Crippen LogP contribution < -0.4 is 15.9 Å². The summed E-state index contributed by atoms with van der Waals surface area (Å²) in [6.07, 6.45) is 0.237. The third-order valence-electron chi connectivity index (χ3n) is 8.50. The van der Waals surface area contributed by atoms with Crippen molar-refractivity contribution >= 4 is 22.7 Å². The van der Waals surface area contributed by atoms with Gasteiger partial charge in [0.15, 0.2) is 0 Å². The number of fused-ring (bicyclic) bond motifs is 1. The number of carboxylic acids is 1. The molecule has 0 saturated heterocycles. The minimum absolute atomic E-state index is 0.142. The summed E-state index contributed by atoms with van der Waals surface area (Å²) < 4.78 is 3.34. The lowest BCUT2D eigenvalue weighted by Crippen LogP contribution is -2.53. The lowest BCUT2D eigenvalue weighted by molar-refractivity contribution is -0.139. The number of carbonyl (C=O) groups is 1. The molecule has 6 aromatic rings. The summed E-state index contributed by atoms with van der Waals surface area (Å²) in [5, 5.41) is 14.2. The highest BCUT2D eigenvalue weighted by Gasteiger charge is 2.39. The van der Waals surface area contributed by atoms with E-state index in [4.69, 9.17) is 0 Å². The van der Waals surface area contributed by atoms with Crippen LogP contribution in [0.1, 0.15) is 22.3 Å². The van der Waals surface area contributed by atoms with Gasteiger partial charge in [-0.1, -0.05) is 103 Å². The van der Waals surface area contributed by atoms with Crippen molar-refractivity contribution < 1.29 is 9.90 Å². The van der Waals surface area contributed by atoms with Gasteiger partial charge >= 0.3 is 11.7 Å². The van der Waals surface area contributed by atoms with Crippen molar-refractivity contribution in [2.75, 3.05) is 19.0 Å². The van der Waals surface area contributed by atoms with Crippen LogP contribution in [0, 0.1) is 0 Å². The van der Waals surface area contributed by atoms with Gasteiger partial charge in [0.05, 0.1) is 22.3 Å². The van der Waals surface area contributed by atoms with Crippen LogP contribution in [-0.2, 0) is 23.8 Å².